The van der Waals surface area contributed by atoms with Crippen LogP contribution in [0.15, 0.2) is 24.4 Å². The number of hydrogen-bond donors (Lipinski definition) is 2. The fourth-order valence-electron chi connectivity index (χ4n) is 2.65. The molecule has 3 rings (SSSR count). The number of fused-ring (bicyclic) bond motifs is 2. The lowest BCUT2D eigenvalue weighted by atomic mass is 9.93. The van der Waals surface area contributed by atoms with Crippen molar-refractivity contribution in [3.8, 4) is 0 Å². The maximum absolute atomic E-state index is 4.47. The first-order valence-corrected chi connectivity index (χ1v) is 5.29. The van der Waals surface area contributed by atoms with Crippen LogP contribution in [0.25, 0.3) is 0 Å². The van der Waals surface area contributed by atoms with Crippen molar-refractivity contribution in [3.05, 3.63) is 30.1 Å². The number of nitrogens with zero attached hydrogens (tertiary/aromatic N) is 1. The second-order valence-corrected chi connectivity index (χ2v) is 4.31. The maximum atomic E-state index is 4.47. The standard InChI is InChI=1S/C11H15N3/c1-2-6-13-10(3-1)11-5-4-9(14-11)7-12-8-11/h1-3,6,9,12,14H,4-5,7-8H2. The highest BCUT2D eigenvalue weighted by atomic mass is 15.2. The van der Waals surface area contributed by atoms with Crippen LogP contribution in [0, 0.1) is 0 Å². The monoisotopic (exact) mass is 189 g/mol. The van der Waals surface area contributed by atoms with Crippen LogP contribution in [-0.2, 0) is 5.54 Å². The smallest absolute Gasteiger partial charge is 0.0737 e. The van der Waals surface area contributed by atoms with E-state index in [4.69, 9.17) is 0 Å². The Balaban J connectivity index is 1.97. The van der Waals surface area contributed by atoms with Gasteiger partial charge in [-0.3, -0.25) is 4.98 Å². The number of aromatic nitrogens is 1. The Bertz CT molecular complexity index is 321. The first kappa shape index (κ1) is 8.38. The lowest BCUT2D eigenvalue weighted by Crippen LogP contribution is -2.56. The molecule has 2 atom stereocenters. The van der Waals surface area contributed by atoms with Gasteiger partial charge in [0.2, 0.25) is 0 Å². The molecule has 3 heterocycles. The Morgan fingerprint density at radius 2 is 2.43 bits per heavy atom. The summed E-state index contributed by atoms with van der Waals surface area (Å²) in [5, 5.41) is 7.18. The van der Waals surface area contributed by atoms with Gasteiger partial charge in [0.15, 0.2) is 0 Å². The normalized spacial score (nSPS) is 35.9. The van der Waals surface area contributed by atoms with Crippen LogP contribution in [0.3, 0.4) is 0 Å². The van der Waals surface area contributed by atoms with Crippen LogP contribution < -0.4 is 10.6 Å². The quantitative estimate of drug-likeness (QED) is 0.680. The minimum atomic E-state index is 0.115. The molecular weight excluding hydrogens is 174 g/mol. The molecule has 74 valence electrons. The molecule has 2 aliphatic rings. The van der Waals surface area contributed by atoms with Gasteiger partial charge in [0.25, 0.3) is 0 Å². The van der Waals surface area contributed by atoms with Gasteiger partial charge >= 0.3 is 0 Å². The zero-order valence-corrected chi connectivity index (χ0v) is 8.16. The molecule has 2 N–H and O–H groups in total. The zero-order valence-electron chi connectivity index (χ0n) is 8.16. The fourth-order valence-corrected chi connectivity index (χ4v) is 2.65. The van der Waals surface area contributed by atoms with Gasteiger partial charge in [0.05, 0.1) is 11.2 Å². The fraction of sp³-hybridized carbons (Fsp3) is 0.545. The van der Waals surface area contributed by atoms with Gasteiger partial charge in [0, 0.05) is 25.3 Å². The molecule has 2 saturated heterocycles. The Hall–Kier alpha value is -0.930. The van der Waals surface area contributed by atoms with Crippen LogP contribution in [-0.4, -0.2) is 24.1 Å². The number of piperazine rings is 1. The third-order valence-electron chi connectivity index (χ3n) is 3.37. The molecule has 0 aliphatic carbocycles. The highest BCUT2D eigenvalue weighted by Crippen LogP contribution is 2.33. The predicted octanol–water partition coefficient (Wildman–Crippen LogP) is 0.632. The molecule has 1 aromatic rings. The lowest BCUT2D eigenvalue weighted by molar-refractivity contribution is 0.293. The van der Waals surface area contributed by atoms with Crippen LogP contribution >= 0.6 is 0 Å². The van der Waals surface area contributed by atoms with Crippen molar-refractivity contribution in [2.45, 2.75) is 24.4 Å². The molecule has 3 heteroatoms. The van der Waals surface area contributed by atoms with E-state index < -0.39 is 0 Å². The minimum Gasteiger partial charge on any atom is -0.313 e. The summed E-state index contributed by atoms with van der Waals surface area (Å²) in [6.45, 7) is 2.12. The number of pyridine rings is 1. The summed E-state index contributed by atoms with van der Waals surface area (Å²) in [4.78, 5) is 4.47. The van der Waals surface area contributed by atoms with Gasteiger partial charge in [-0.15, -0.1) is 0 Å². The van der Waals surface area contributed by atoms with E-state index in [0.717, 1.165) is 13.1 Å². The van der Waals surface area contributed by atoms with E-state index in [1.54, 1.807) is 0 Å². The van der Waals surface area contributed by atoms with Gasteiger partial charge in [-0.2, -0.15) is 0 Å². The molecule has 3 nitrogen and oxygen atoms in total. The van der Waals surface area contributed by atoms with Crippen LogP contribution in [0.5, 0.6) is 0 Å². The van der Waals surface area contributed by atoms with E-state index in [0.29, 0.717) is 6.04 Å². The van der Waals surface area contributed by atoms with Gasteiger partial charge < -0.3 is 10.6 Å². The van der Waals surface area contributed by atoms with E-state index >= 15 is 0 Å². The van der Waals surface area contributed by atoms with Crippen LogP contribution in [0.2, 0.25) is 0 Å². The molecule has 2 unspecified atom stereocenters. The second-order valence-electron chi connectivity index (χ2n) is 4.31. The number of nitrogens with one attached hydrogen (secondary N) is 2. The van der Waals surface area contributed by atoms with E-state index in [1.807, 2.05) is 12.3 Å². The molecule has 14 heavy (non-hydrogen) atoms. The van der Waals surface area contributed by atoms with E-state index in [9.17, 15) is 0 Å². The van der Waals surface area contributed by atoms with Crippen molar-refractivity contribution in [3.63, 3.8) is 0 Å². The highest BCUT2D eigenvalue weighted by molar-refractivity contribution is 5.21. The summed E-state index contributed by atoms with van der Waals surface area (Å²) in [5.41, 5.74) is 1.30. The SMILES string of the molecule is c1ccc(C23CCC(CNC2)N3)nc1. The Kier molecular flexibility index (Phi) is 1.82. The summed E-state index contributed by atoms with van der Waals surface area (Å²) >= 11 is 0. The topological polar surface area (TPSA) is 37.0 Å². The van der Waals surface area contributed by atoms with Crippen molar-refractivity contribution in [1.82, 2.24) is 15.6 Å². The first-order valence-electron chi connectivity index (χ1n) is 5.29. The van der Waals surface area contributed by atoms with E-state index in [-0.39, 0.29) is 5.54 Å². The second kappa shape index (κ2) is 3.04. The molecule has 0 spiro atoms. The van der Waals surface area contributed by atoms with Crippen molar-refractivity contribution in [2.24, 2.45) is 0 Å². The summed E-state index contributed by atoms with van der Waals surface area (Å²) in [6, 6.07) is 6.82. The third kappa shape index (κ3) is 1.16. The zero-order chi connectivity index (χ0) is 9.43. The minimum absolute atomic E-state index is 0.115. The van der Waals surface area contributed by atoms with Gasteiger partial charge in [-0.25, -0.2) is 0 Å². The molecule has 0 amide bonds. The van der Waals surface area contributed by atoms with Gasteiger partial charge in [-0.05, 0) is 25.0 Å². The average molecular weight is 189 g/mol. The molecule has 0 radical (unpaired) electrons. The Morgan fingerprint density at radius 3 is 3.29 bits per heavy atom. The van der Waals surface area contributed by atoms with E-state index in [1.165, 1.54) is 18.5 Å². The molecule has 0 saturated carbocycles. The van der Waals surface area contributed by atoms with Crippen LogP contribution in [0.1, 0.15) is 18.5 Å². The summed E-state index contributed by atoms with van der Waals surface area (Å²) in [5.74, 6) is 0. The molecule has 0 aromatic carbocycles. The van der Waals surface area contributed by atoms with Gasteiger partial charge in [0.1, 0.15) is 0 Å². The maximum Gasteiger partial charge on any atom is 0.0737 e. The van der Waals surface area contributed by atoms with Crippen molar-refractivity contribution in [1.29, 1.82) is 0 Å². The summed E-state index contributed by atoms with van der Waals surface area (Å²) in [7, 11) is 0. The molecule has 2 bridgehead atoms. The Labute approximate surface area is 83.9 Å². The van der Waals surface area contributed by atoms with E-state index in [2.05, 4.69) is 27.8 Å². The number of rotatable bonds is 1. The average Bonchev–Trinajstić information content (AvgIpc) is 2.57. The third-order valence-corrected chi connectivity index (χ3v) is 3.37. The molecule has 2 aliphatic heterocycles. The molecule has 2 fully saturated rings. The first-order chi connectivity index (χ1) is 6.89. The van der Waals surface area contributed by atoms with Crippen molar-refractivity contribution < 1.29 is 0 Å². The molecule has 1 aromatic heterocycles. The molecular formula is C11H15N3. The van der Waals surface area contributed by atoms with Gasteiger partial charge in [-0.1, -0.05) is 6.07 Å². The van der Waals surface area contributed by atoms with Crippen molar-refractivity contribution in [2.75, 3.05) is 13.1 Å². The highest BCUT2D eigenvalue weighted by Gasteiger charge is 2.43. The predicted molar refractivity (Wildman–Crippen MR) is 54.9 cm³/mol. The summed E-state index contributed by atoms with van der Waals surface area (Å²) in [6.07, 6.45) is 4.36. The largest absolute Gasteiger partial charge is 0.313 e. The van der Waals surface area contributed by atoms with Crippen LogP contribution in [0.4, 0.5) is 0 Å². The summed E-state index contributed by atoms with van der Waals surface area (Å²) < 4.78 is 0. The number of hydrogen-bond acceptors (Lipinski definition) is 3. The Morgan fingerprint density at radius 1 is 1.43 bits per heavy atom. The lowest BCUT2D eigenvalue weighted by Gasteiger charge is -2.34. The van der Waals surface area contributed by atoms with Crippen molar-refractivity contribution >= 4 is 0 Å².